The van der Waals surface area contributed by atoms with E-state index in [4.69, 9.17) is 4.74 Å². The van der Waals surface area contributed by atoms with E-state index in [2.05, 4.69) is 5.32 Å². The Morgan fingerprint density at radius 1 is 1.28 bits per heavy atom. The van der Waals surface area contributed by atoms with Crippen molar-refractivity contribution in [3.63, 3.8) is 0 Å². The van der Waals surface area contributed by atoms with Crippen LogP contribution in [0.3, 0.4) is 0 Å². The molecule has 0 fully saturated rings. The van der Waals surface area contributed by atoms with Gasteiger partial charge < -0.3 is 10.1 Å². The fraction of sp³-hybridized carbons (Fsp3) is 0.462. The molecular weight excluding hydrogens is 240 g/mol. The normalized spacial score (nSPS) is 12.6. The highest BCUT2D eigenvalue weighted by Crippen LogP contribution is 2.15. The molecule has 0 saturated carbocycles. The van der Waals surface area contributed by atoms with Gasteiger partial charge in [-0.05, 0) is 38.5 Å². The van der Waals surface area contributed by atoms with Crippen molar-refractivity contribution in [1.29, 1.82) is 0 Å². The Morgan fingerprint density at radius 3 is 2.50 bits per heavy atom. The lowest BCUT2D eigenvalue weighted by atomic mass is 10.1. The number of rotatable bonds is 5. The molecule has 0 saturated heterocycles. The Balaban J connectivity index is 2.56. The van der Waals surface area contributed by atoms with E-state index in [9.17, 15) is 13.6 Å². The number of hydrogen-bond acceptors (Lipinski definition) is 2. The second-order valence-electron chi connectivity index (χ2n) is 4.32. The van der Waals surface area contributed by atoms with E-state index in [1.807, 2.05) is 13.8 Å². The van der Waals surface area contributed by atoms with Gasteiger partial charge in [-0.1, -0.05) is 6.07 Å². The molecular formula is C13H17F2NO2. The van der Waals surface area contributed by atoms with Crippen molar-refractivity contribution >= 4 is 5.91 Å². The van der Waals surface area contributed by atoms with Gasteiger partial charge in [-0.25, -0.2) is 8.78 Å². The topological polar surface area (TPSA) is 38.3 Å². The molecule has 0 radical (unpaired) electrons. The highest BCUT2D eigenvalue weighted by molar-refractivity contribution is 5.77. The minimum Gasteiger partial charge on any atom is -0.369 e. The third-order valence-corrected chi connectivity index (χ3v) is 2.37. The van der Waals surface area contributed by atoms with Crippen molar-refractivity contribution in [2.24, 2.45) is 0 Å². The Hall–Kier alpha value is -1.49. The smallest absolute Gasteiger partial charge is 0.246 e. The summed E-state index contributed by atoms with van der Waals surface area (Å²) in [6.07, 6.45) is -0.0330. The summed E-state index contributed by atoms with van der Waals surface area (Å²) < 4.78 is 30.9. The highest BCUT2D eigenvalue weighted by Gasteiger charge is 2.12. The van der Waals surface area contributed by atoms with Gasteiger partial charge in [0, 0.05) is 0 Å². The molecule has 100 valence electrons. The number of ether oxygens (including phenoxy) is 1. The summed E-state index contributed by atoms with van der Waals surface area (Å²) in [6.45, 7) is 5.30. The number of nitrogens with one attached hydrogen (secondary N) is 1. The minimum absolute atomic E-state index is 0.0330. The zero-order valence-electron chi connectivity index (χ0n) is 10.7. The lowest BCUT2D eigenvalue weighted by Crippen LogP contribution is -2.31. The molecule has 3 nitrogen and oxygen atoms in total. The van der Waals surface area contributed by atoms with E-state index in [-0.39, 0.29) is 18.6 Å². The van der Waals surface area contributed by atoms with Crippen LogP contribution in [0.15, 0.2) is 18.2 Å². The molecule has 0 aromatic heterocycles. The summed E-state index contributed by atoms with van der Waals surface area (Å²) >= 11 is 0. The van der Waals surface area contributed by atoms with Crippen LogP contribution in [0.25, 0.3) is 0 Å². The van der Waals surface area contributed by atoms with Crippen LogP contribution in [0.1, 0.15) is 32.4 Å². The van der Waals surface area contributed by atoms with Crippen LogP contribution in [-0.4, -0.2) is 18.6 Å². The zero-order valence-corrected chi connectivity index (χ0v) is 10.7. The Bertz CT molecular complexity index is 421. The van der Waals surface area contributed by atoms with Gasteiger partial charge in [0.25, 0.3) is 0 Å². The van der Waals surface area contributed by atoms with Crippen LogP contribution in [0.2, 0.25) is 0 Å². The molecule has 0 heterocycles. The number of carbonyl (C=O) groups excluding carboxylic acids is 1. The molecule has 5 heteroatoms. The molecule has 1 aromatic rings. The third-order valence-electron chi connectivity index (χ3n) is 2.37. The quantitative estimate of drug-likeness (QED) is 0.880. The minimum atomic E-state index is -0.924. The van der Waals surface area contributed by atoms with Gasteiger partial charge in [-0.15, -0.1) is 0 Å². The monoisotopic (exact) mass is 257 g/mol. The number of carbonyl (C=O) groups is 1. The van der Waals surface area contributed by atoms with E-state index in [0.29, 0.717) is 5.56 Å². The Labute approximate surface area is 105 Å². The number of halogens is 2. The molecule has 0 bridgehead atoms. The summed E-state index contributed by atoms with van der Waals surface area (Å²) in [6, 6.07) is 3.15. The molecule has 0 aliphatic carbocycles. The van der Waals surface area contributed by atoms with Gasteiger partial charge in [0.05, 0.1) is 12.1 Å². The first-order chi connectivity index (χ1) is 8.40. The van der Waals surface area contributed by atoms with Crippen LogP contribution in [0.4, 0.5) is 8.78 Å². The maximum absolute atomic E-state index is 13.0. The SMILES string of the molecule is CC(C)OCC(=O)NC(C)c1ccc(F)c(F)c1. The third kappa shape index (κ3) is 4.41. The molecule has 0 aliphatic rings. The molecule has 0 spiro atoms. The van der Waals surface area contributed by atoms with Crippen molar-refractivity contribution in [2.45, 2.75) is 32.9 Å². The lowest BCUT2D eigenvalue weighted by Gasteiger charge is -2.15. The first-order valence-corrected chi connectivity index (χ1v) is 5.76. The summed E-state index contributed by atoms with van der Waals surface area (Å²) in [4.78, 5) is 11.5. The lowest BCUT2D eigenvalue weighted by molar-refractivity contribution is -0.127. The first kappa shape index (κ1) is 14.6. The maximum atomic E-state index is 13.0. The molecule has 18 heavy (non-hydrogen) atoms. The van der Waals surface area contributed by atoms with Crippen molar-refractivity contribution in [3.8, 4) is 0 Å². The maximum Gasteiger partial charge on any atom is 0.246 e. The molecule has 1 N–H and O–H groups in total. The van der Waals surface area contributed by atoms with E-state index in [1.165, 1.54) is 6.07 Å². The van der Waals surface area contributed by atoms with Crippen LogP contribution in [0.5, 0.6) is 0 Å². The van der Waals surface area contributed by atoms with Gasteiger partial charge in [0.15, 0.2) is 11.6 Å². The summed E-state index contributed by atoms with van der Waals surface area (Å²) in [5.74, 6) is -2.12. The fourth-order valence-electron chi connectivity index (χ4n) is 1.39. The average Bonchev–Trinajstić information content (AvgIpc) is 2.30. The van der Waals surface area contributed by atoms with Gasteiger partial charge in [0.2, 0.25) is 5.91 Å². The number of hydrogen-bond donors (Lipinski definition) is 1. The van der Waals surface area contributed by atoms with Gasteiger partial charge in [-0.2, -0.15) is 0 Å². The summed E-state index contributed by atoms with van der Waals surface area (Å²) in [7, 11) is 0. The summed E-state index contributed by atoms with van der Waals surface area (Å²) in [5.41, 5.74) is 0.506. The van der Waals surface area contributed by atoms with Crippen LogP contribution in [0, 0.1) is 11.6 Å². The van der Waals surface area contributed by atoms with Gasteiger partial charge >= 0.3 is 0 Å². The summed E-state index contributed by atoms with van der Waals surface area (Å²) in [5, 5.41) is 2.65. The van der Waals surface area contributed by atoms with Crippen molar-refractivity contribution in [3.05, 3.63) is 35.4 Å². The predicted molar refractivity (Wildman–Crippen MR) is 64.0 cm³/mol. The average molecular weight is 257 g/mol. The van der Waals surface area contributed by atoms with Gasteiger partial charge in [0.1, 0.15) is 6.61 Å². The first-order valence-electron chi connectivity index (χ1n) is 5.76. The predicted octanol–water partition coefficient (Wildman–Crippen LogP) is 2.57. The van der Waals surface area contributed by atoms with Crippen LogP contribution >= 0.6 is 0 Å². The number of amides is 1. The molecule has 1 rings (SSSR count). The second-order valence-corrected chi connectivity index (χ2v) is 4.32. The van der Waals surface area contributed by atoms with Gasteiger partial charge in [-0.3, -0.25) is 4.79 Å². The molecule has 0 aliphatic heterocycles. The standard InChI is InChI=1S/C13H17F2NO2/c1-8(2)18-7-13(17)16-9(3)10-4-5-11(14)12(15)6-10/h4-6,8-9H,7H2,1-3H3,(H,16,17). The van der Waals surface area contributed by atoms with Crippen molar-refractivity contribution in [1.82, 2.24) is 5.32 Å². The van der Waals surface area contributed by atoms with Crippen LogP contribution < -0.4 is 5.32 Å². The van der Waals surface area contributed by atoms with E-state index in [0.717, 1.165) is 12.1 Å². The zero-order chi connectivity index (χ0) is 13.7. The molecule has 1 unspecified atom stereocenters. The number of benzene rings is 1. The molecule has 1 amide bonds. The Morgan fingerprint density at radius 2 is 1.94 bits per heavy atom. The van der Waals surface area contributed by atoms with Crippen molar-refractivity contribution < 1.29 is 18.3 Å². The molecule has 1 aromatic carbocycles. The molecule has 1 atom stereocenters. The largest absolute Gasteiger partial charge is 0.369 e. The Kier molecular flexibility index (Phi) is 5.22. The fourth-order valence-corrected chi connectivity index (χ4v) is 1.39. The highest BCUT2D eigenvalue weighted by atomic mass is 19.2. The van der Waals surface area contributed by atoms with Crippen LogP contribution in [-0.2, 0) is 9.53 Å². The van der Waals surface area contributed by atoms with E-state index < -0.39 is 17.7 Å². The van der Waals surface area contributed by atoms with Crippen molar-refractivity contribution in [2.75, 3.05) is 6.61 Å². The second kappa shape index (κ2) is 6.44. The van der Waals surface area contributed by atoms with E-state index >= 15 is 0 Å². The van der Waals surface area contributed by atoms with E-state index in [1.54, 1.807) is 6.92 Å².